The van der Waals surface area contributed by atoms with Crippen LogP contribution in [0.15, 0.2) is 12.5 Å². The monoisotopic (exact) mass is 446 g/mol. The summed E-state index contributed by atoms with van der Waals surface area (Å²) in [6.07, 6.45) is 5.18. The van der Waals surface area contributed by atoms with Crippen LogP contribution < -0.4 is 21.7 Å². The average Bonchev–Trinajstić information content (AvgIpc) is 3.20. The minimum Gasteiger partial charge on any atom is -0.480 e. The predicted molar refractivity (Wildman–Crippen MR) is 112 cm³/mol. The molecule has 0 aliphatic heterocycles. The lowest BCUT2D eigenvalue weighted by Gasteiger charge is -2.24. The molecular formula is C16H26N6O5S2. The fourth-order valence-corrected chi connectivity index (χ4v) is 3.03. The van der Waals surface area contributed by atoms with E-state index < -0.39 is 41.8 Å². The van der Waals surface area contributed by atoms with Crippen LogP contribution in [0.1, 0.15) is 12.1 Å². The number of hydrogen-bond donors (Lipinski definition) is 7. The second-order valence-corrected chi connectivity index (χ2v) is 7.38. The molecule has 0 bridgehead atoms. The average molecular weight is 447 g/mol. The molecule has 0 aliphatic carbocycles. The van der Waals surface area contributed by atoms with Crippen molar-refractivity contribution < 1.29 is 24.3 Å². The largest absolute Gasteiger partial charge is 0.480 e. The number of aromatic nitrogens is 2. The van der Waals surface area contributed by atoms with Gasteiger partial charge in [0.25, 0.3) is 0 Å². The molecule has 0 saturated carbocycles. The number of aromatic amines is 1. The van der Waals surface area contributed by atoms with E-state index in [-0.39, 0.29) is 25.1 Å². The maximum absolute atomic E-state index is 12.8. The summed E-state index contributed by atoms with van der Waals surface area (Å²) in [5, 5.41) is 16.5. The molecule has 1 aromatic rings. The molecule has 1 rings (SSSR count). The Morgan fingerprint density at radius 3 is 2.38 bits per heavy atom. The molecule has 0 aromatic carbocycles. The molecule has 13 heteroatoms. The van der Waals surface area contributed by atoms with E-state index in [2.05, 4.69) is 38.5 Å². The first-order valence-corrected chi connectivity index (χ1v) is 10.7. The lowest BCUT2D eigenvalue weighted by molar-refractivity contribution is -0.141. The van der Waals surface area contributed by atoms with Gasteiger partial charge in [0.2, 0.25) is 17.7 Å². The number of H-pyrrole nitrogens is 1. The van der Waals surface area contributed by atoms with Gasteiger partial charge in [-0.1, -0.05) is 0 Å². The number of nitrogens with two attached hydrogens (primary N) is 1. The summed E-state index contributed by atoms with van der Waals surface area (Å²) in [5.74, 6) is -2.54. The number of imidazole rings is 1. The van der Waals surface area contributed by atoms with Crippen LogP contribution in [0.5, 0.6) is 0 Å². The molecule has 11 nitrogen and oxygen atoms in total. The molecule has 162 valence electrons. The van der Waals surface area contributed by atoms with E-state index in [0.717, 1.165) is 0 Å². The van der Waals surface area contributed by atoms with Crippen molar-refractivity contribution >= 4 is 48.1 Å². The molecule has 1 heterocycles. The Morgan fingerprint density at radius 1 is 1.21 bits per heavy atom. The van der Waals surface area contributed by atoms with Crippen LogP contribution in [-0.2, 0) is 25.6 Å². The van der Waals surface area contributed by atoms with E-state index in [1.54, 1.807) is 0 Å². The molecule has 1 aromatic heterocycles. The van der Waals surface area contributed by atoms with Crippen LogP contribution >= 0.6 is 24.4 Å². The SMILES string of the molecule is CSCCC(NC(=O)C(Cc1cnc[nH]1)NC(=O)CN)C(=O)NC(CS)C(=O)O. The van der Waals surface area contributed by atoms with Gasteiger partial charge in [0.1, 0.15) is 18.1 Å². The number of nitrogens with zero attached hydrogens (tertiary/aromatic N) is 1. The Balaban J connectivity index is 2.90. The van der Waals surface area contributed by atoms with Gasteiger partial charge in [-0.25, -0.2) is 9.78 Å². The standard InChI is InChI=1S/C16H26N6O5S2/c1-29-3-2-10(14(24)22-12(7-28)16(26)27)21-15(25)11(20-13(23)5-17)4-9-6-18-8-19-9/h6,8,10-12,28H,2-5,7,17H2,1H3,(H,18,19)(H,20,23)(H,21,25)(H,22,24)(H,26,27). The lowest BCUT2D eigenvalue weighted by Crippen LogP contribution is -2.57. The van der Waals surface area contributed by atoms with Crippen molar-refractivity contribution in [3.05, 3.63) is 18.2 Å². The summed E-state index contributed by atoms with van der Waals surface area (Å²) in [5.41, 5.74) is 5.92. The number of rotatable bonds is 13. The van der Waals surface area contributed by atoms with E-state index in [1.165, 1.54) is 24.3 Å². The summed E-state index contributed by atoms with van der Waals surface area (Å²) in [7, 11) is 0. The minimum atomic E-state index is -1.23. The summed E-state index contributed by atoms with van der Waals surface area (Å²) in [4.78, 5) is 54.8. The third-order valence-corrected chi connectivity index (χ3v) is 4.87. The first kappa shape index (κ1) is 24.8. The molecule has 0 spiro atoms. The molecule has 0 fully saturated rings. The summed E-state index contributed by atoms with van der Waals surface area (Å²) >= 11 is 5.38. The third kappa shape index (κ3) is 8.75. The Labute approximate surface area is 177 Å². The van der Waals surface area contributed by atoms with Crippen molar-refractivity contribution in [2.24, 2.45) is 5.73 Å². The van der Waals surface area contributed by atoms with E-state index >= 15 is 0 Å². The summed E-state index contributed by atoms with van der Waals surface area (Å²) in [6.45, 7) is -0.300. The number of thioether (sulfide) groups is 1. The number of hydrogen-bond acceptors (Lipinski definition) is 8. The van der Waals surface area contributed by atoms with Gasteiger partial charge in [-0.15, -0.1) is 0 Å². The van der Waals surface area contributed by atoms with Crippen molar-refractivity contribution in [1.29, 1.82) is 0 Å². The first-order chi connectivity index (χ1) is 13.8. The molecule has 3 unspecified atom stereocenters. The van der Waals surface area contributed by atoms with E-state index in [1.807, 2.05) is 6.26 Å². The smallest absolute Gasteiger partial charge is 0.327 e. The number of carbonyl (C=O) groups is 4. The van der Waals surface area contributed by atoms with E-state index in [0.29, 0.717) is 11.4 Å². The van der Waals surface area contributed by atoms with Gasteiger partial charge in [-0.3, -0.25) is 14.4 Å². The topological polar surface area (TPSA) is 179 Å². The second-order valence-electron chi connectivity index (χ2n) is 6.03. The normalized spacial score (nSPS) is 13.8. The Hall–Kier alpha value is -2.25. The Bertz CT molecular complexity index is 687. The van der Waals surface area contributed by atoms with Crippen molar-refractivity contribution in [3.63, 3.8) is 0 Å². The Kier molecular flexibility index (Phi) is 11.2. The predicted octanol–water partition coefficient (Wildman–Crippen LogP) is -1.87. The zero-order valence-corrected chi connectivity index (χ0v) is 17.6. The van der Waals surface area contributed by atoms with Gasteiger partial charge in [0.05, 0.1) is 12.9 Å². The van der Waals surface area contributed by atoms with Gasteiger partial charge in [0.15, 0.2) is 0 Å². The van der Waals surface area contributed by atoms with Crippen LogP contribution in [0, 0.1) is 0 Å². The highest BCUT2D eigenvalue weighted by Gasteiger charge is 2.29. The summed E-state index contributed by atoms with van der Waals surface area (Å²) in [6, 6.07) is -3.15. The summed E-state index contributed by atoms with van der Waals surface area (Å²) < 4.78 is 0. The van der Waals surface area contributed by atoms with Crippen molar-refractivity contribution in [2.45, 2.75) is 31.0 Å². The van der Waals surface area contributed by atoms with E-state index in [9.17, 15) is 19.2 Å². The number of carbonyl (C=O) groups excluding carboxylic acids is 3. The highest BCUT2D eigenvalue weighted by Crippen LogP contribution is 2.05. The molecule has 29 heavy (non-hydrogen) atoms. The van der Waals surface area contributed by atoms with Crippen LogP contribution in [0.25, 0.3) is 0 Å². The second kappa shape index (κ2) is 13.1. The van der Waals surface area contributed by atoms with Gasteiger partial charge in [0, 0.05) is 24.1 Å². The number of nitrogens with one attached hydrogen (secondary N) is 4. The highest BCUT2D eigenvalue weighted by atomic mass is 32.2. The van der Waals surface area contributed by atoms with Gasteiger partial charge < -0.3 is 31.8 Å². The zero-order valence-electron chi connectivity index (χ0n) is 15.9. The number of aliphatic carboxylic acids is 1. The number of thiol groups is 1. The van der Waals surface area contributed by atoms with Crippen molar-refractivity contribution in [2.75, 3.05) is 24.3 Å². The first-order valence-electron chi connectivity index (χ1n) is 8.72. The van der Waals surface area contributed by atoms with Crippen LogP contribution in [0.4, 0.5) is 0 Å². The molecule has 3 amide bonds. The van der Waals surface area contributed by atoms with Gasteiger partial charge >= 0.3 is 5.97 Å². The highest BCUT2D eigenvalue weighted by molar-refractivity contribution is 7.98. The molecule has 0 radical (unpaired) electrons. The maximum atomic E-state index is 12.8. The van der Waals surface area contributed by atoms with Crippen molar-refractivity contribution in [1.82, 2.24) is 25.9 Å². The molecule has 3 atom stereocenters. The maximum Gasteiger partial charge on any atom is 0.327 e. The molecule has 0 aliphatic rings. The minimum absolute atomic E-state index is 0.0979. The molecule has 7 N–H and O–H groups in total. The third-order valence-electron chi connectivity index (χ3n) is 3.86. The molecule has 0 saturated heterocycles. The van der Waals surface area contributed by atoms with Crippen LogP contribution in [0.2, 0.25) is 0 Å². The zero-order chi connectivity index (χ0) is 21.8. The van der Waals surface area contributed by atoms with Crippen LogP contribution in [0.3, 0.4) is 0 Å². The lowest BCUT2D eigenvalue weighted by atomic mass is 10.1. The number of carboxylic acids is 1. The van der Waals surface area contributed by atoms with Crippen molar-refractivity contribution in [3.8, 4) is 0 Å². The fourth-order valence-electron chi connectivity index (χ4n) is 2.31. The van der Waals surface area contributed by atoms with E-state index in [4.69, 9.17) is 10.8 Å². The fraction of sp³-hybridized carbons (Fsp3) is 0.562. The van der Waals surface area contributed by atoms with Crippen LogP contribution in [-0.4, -0.2) is 81.2 Å². The Morgan fingerprint density at radius 2 is 1.86 bits per heavy atom. The van der Waals surface area contributed by atoms with Gasteiger partial charge in [-0.05, 0) is 18.4 Å². The number of amides is 3. The quantitative estimate of drug-likeness (QED) is 0.172. The molecular weight excluding hydrogens is 420 g/mol. The number of carboxylic acid groups (broad SMARTS) is 1. The van der Waals surface area contributed by atoms with Gasteiger partial charge in [-0.2, -0.15) is 24.4 Å².